The molecule has 0 aliphatic rings. The first-order chi connectivity index (χ1) is 13.6. The van der Waals surface area contributed by atoms with Gasteiger partial charge in [-0.1, -0.05) is 24.3 Å². The third-order valence-electron chi connectivity index (χ3n) is 5.01. The topological polar surface area (TPSA) is 63.9 Å². The SMILES string of the molecule is COc1ccc(Cc2nc(N)c(CCCCl)c3c2[nH]c2ccccc23)cc1F. The fourth-order valence-electron chi connectivity index (χ4n) is 3.71. The summed E-state index contributed by atoms with van der Waals surface area (Å²) in [6.45, 7) is 0. The summed E-state index contributed by atoms with van der Waals surface area (Å²) in [6, 6.07) is 13.1. The fraction of sp³-hybridized carbons (Fsp3) is 0.227. The minimum absolute atomic E-state index is 0.225. The lowest BCUT2D eigenvalue weighted by Gasteiger charge is -2.11. The van der Waals surface area contributed by atoms with Crippen LogP contribution in [0.15, 0.2) is 42.5 Å². The van der Waals surface area contributed by atoms with Crippen molar-refractivity contribution in [2.75, 3.05) is 18.7 Å². The van der Waals surface area contributed by atoms with Crippen LogP contribution >= 0.6 is 11.6 Å². The maximum Gasteiger partial charge on any atom is 0.165 e. The quantitative estimate of drug-likeness (QED) is 0.439. The van der Waals surface area contributed by atoms with E-state index in [0.29, 0.717) is 18.1 Å². The van der Waals surface area contributed by atoms with Crippen LogP contribution in [-0.4, -0.2) is 23.0 Å². The molecule has 2 aromatic heterocycles. The van der Waals surface area contributed by atoms with Crippen molar-refractivity contribution in [3.05, 3.63) is 65.1 Å². The molecule has 0 aliphatic carbocycles. The largest absolute Gasteiger partial charge is 0.494 e. The van der Waals surface area contributed by atoms with E-state index in [1.54, 1.807) is 6.07 Å². The van der Waals surface area contributed by atoms with E-state index >= 15 is 0 Å². The second-order valence-electron chi connectivity index (χ2n) is 6.78. The van der Waals surface area contributed by atoms with Crippen molar-refractivity contribution in [3.8, 4) is 5.75 Å². The Morgan fingerprint density at radius 2 is 2.04 bits per heavy atom. The predicted molar refractivity (Wildman–Crippen MR) is 113 cm³/mol. The number of nitrogens with zero attached hydrogens (tertiary/aromatic N) is 1. The van der Waals surface area contributed by atoms with E-state index in [9.17, 15) is 4.39 Å². The van der Waals surface area contributed by atoms with Crippen LogP contribution in [0.4, 0.5) is 10.2 Å². The van der Waals surface area contributed by atoms with E-state index in [-0.39, 0.29) is 11.6 Å². The molecule has 0 saturated carbocycles. The number of anilines is 1. The fourth-order valence-corrected chi connectivity index (χ4v) is 3.84. The molecule has 144 valence electrons. The first kappa shape index (κ1) is 18.6. The lowest BCUT2D eigenvalue weighted by atomic mass is 10.00. The molecular weight excluding hydrogens is 377 g/mol. The van der Waals surface area contributed by atoms with Crippen LogP contribution in [0.5, 0.6) is 5.75 Å². The van der Waals surface area contributed by atoms with Gasteiger partial charge in [-0.05, 0) is 36.6 Å². The molecule has 28 heavy (non-hydrogen) atoms. The summed E-state index contributed by atoms with van der Waals surface area (Å²) < 4.78 is 19.1. The van der Waals surface area contributed by atoms with E-state index in [2.05, 4.69) is 16.0 Å². The Hall–Kier alpha value is -2.79. The van der Waals surface area contributed by atoms with Crippen molar-refractivity contribution in [3.63, 3.8) is 0 Å². The van der Waals surface area contributed by atoms with Gasteiger partial charge in [0.2, 0.25) is 0 Å². The number of ether oxygens (including phenoxy) is 1. The van der Waals surface area contributed by atoms with Crippen LogP contribution in [-0.2, 0) is 12.8 Å². The number of para-hydroxylation sites is 1. The number of rotatable bonds is 6. The second-order valence-corrected chi connectivity index (χ2v) is 7.16. The summed E-state index contributed by atoms with van der Waals surface area (Å²) in [5.74, 6) is 0.908. The number of nitrogens with two attached hydrogens (primary N) is 1. The third kappa shape index (κ3) is 3.27. The molecule has 4 nitrogen and oxygen atoms in total. The minimum atomic E-state index is -0.389. The summed E-state index contributed by atoms with van der Waals surface area (Å²) in [5.41, 5.74) is 10.9. The summed E-state index contributed by atoms with van der Waals surface area (Å²) in [7, 11) is 1.45. The Kier molecular flexibility index (Phi) is 5.09. The van der Waals surface area contributed by atoms with E-state index in [1.807, 2.05) is 24.3 Å². The highest BCUT2D eigenvalue weighted by molar-refractivity contribution is 6.17. The van der Waals surface area contributed by atoms with Gasteiger partial charge in [0.05, 0.1) is 18.3 Å². The van der Waals surface area contributed by atoms with Crippen LogP contribution in [0, 0.1) is 5.82 Å². The van der Waals surface area contributed by atoms with Crippen molar-refractivity contribution < 1.29 is 9.13 Å². The van der Waals surface area contributed by atoms with E-state index in [1.165, 1.54) is 13.2 Å². The average molecular weight is 398 g/mol. The zero-order valence-electron chi connectivity index (χ0n) is 15.6. The van der Waals surface area contributed by atoms with Gasteiger partial charge in [0.1, 0.15) is 5.82 Å². The van der Waals surface area contributed by atoms with Gasteiger partial charge < -0.3 is 15.5 Å². The number of aromatic amines is 1. The van der Waals surface area contributed by atoms with Crippen molar-refractivity contribution in [1.29, 1.82) is 0 Å². The molecule has 6 heteroatoms. The van der Waals surface area contributed by atoms with Crippen molar-refractivity contribution in [2.45, 2.75) is 19.3 Å². The highest BCUT2D eigenvalue weighted by Crippen LogP contribution is 2.34. The molecule has 0 radical (unpaired) electrons. The average Bonchev–Trinajstić information content (AvgIpc) is 3.08. The van der Waals surface area contributed by atoms with E-state index in [0.717, 1.165) is 51.5 Å². The van der Waals surface area contributed by atoms with E-state index in [4.69, 9.17) is 22.1 Å². The standard InChI is InChI=1S/C22H21ClFN3O/c1-28-19-9-8-13(11-16(19)24)12-18-21-20(14-5-2-3-7-17(14)26-21)15(6-4-10-23)22(25)27-18/h2-3,5,7-9,11,26H,4,6,10,12H2,1H3,(H2,25,27). The Labute approximate surface area is 167 Å². The number of nitrogen functional groups attached to an aromatic ring is 1. The Morgan fingerprint density at radius 1 is 1.21 bits per heavy atom. The van der Waals surface area contributed by atoms with Gasteiger partial charge in [-0.25, -0.2) is 9.37 Å². The van der Waals surface area contributed by atoms with Crippen LogP contribution < -0.4 is 10.5 Å². The molecule has 3 N–H and O–H groups in total. The number of hydrogen-bond donors (Lipinski definition) is 2. The zero-order chi connectivity index (χ0) is 19.7. The number of halogens is 2. The van der Waals surface area contributed by atoms with Gasteiger partial charge in [-0.3, -0.25) is 0 Å². The second kappa shape index (κ2) is 7.68. The third-order valence-corrected chi connectivity index (χ3v) is 5.28. The van der Waals surface area contributed by atoms with Gasteiger partial charge in [0, 0.05) is 34.2 Å². The van der Waals surface area contributed by atoms with Gasteiger partial charge in [0.15, 0.2) is 11.6 Å². The maximum atomic E-state index is 14.1. The molecule has 0 atom stereocenters. The number of nitrogens with one attached hydrogen (secondary N) is 1. The Balaban J connectivity index is 1.88. The van der Waals surface area contributed by atoms with E-state index < -0.39 is 0 Å². The minimum Gasteiger partial charge on any atom is -0.494 e. The van der Waals surface area contributed by atoms with Crippen molar-refractivity contribution >= 4 is 39.2 Å². The Morgan fingerprint density at radius 3 is 2.79 bits per heavy atom. The Bertz CT molecular complexity index is 1160. The van der Waals surface area contributed by atoms with Crippen LogP contribution in [0.2, 0.25) is 0 Å². The van der Waals surface area contributed by atoms with Gasteiger partial charge >= 0.3 is 0 Å². The number of aromatic nitrogens is 2. The molecular formula is C22H21ClFN3O. The highest BCUT2D eigenvalue weighted by atomic mass is 35.5. The molecule has 0 spiro atoms. The number of benzene rings is 2. The van der Waals surface area contributed by atoms with Gasteiger partial charge in [-0.2, -0.15) is 0 Å². The monoisotopic (exact) mass is 397 g/mol. The number of fused-ring (bicyclic) bond motifs is 3. The first-order valence-corrected chi connectivity index (χ1v) is 9.72. The summed E-state index contributed by atoms with van der Waals surface area (Å²) >= 11 is 5.91. The lowest BCUT2D eigenvalue weighted by Crippen LogP contribution is -2.04. The molecule has 2 heterocycles. The molecule has 0 amide bonds. The van der Waals surface area contributed by atoms with Crippen molar-refractivity contribution in [2.24, 2.45) is 0 Å². The molecule has 0 bridgehead atoms. The van der Waals surface area contributed by atoms with Crippen LogP contribution in [0.25, 0.3) is 21.8 Å². The molecule has 2 aromatic carbocycles. The number of H-pyrrole nitrogens is 1. The molecule has 0 aliphatic heterocycles. The zero-order valence-corrected chi connectivity index (χ0v) is 16.3. The van der Waals surface area contributed by atoms with Crippen LogP contribution in [0.3, 0.4) is 0 Å². The summed E-state index contributed by atoms with van der Waals surface area (Å²) in [6.07, 6.45) is 2.05. The normalized spacial score (nSPS) is 11.4. The molecule has 0 saturated heterocycles. The number of aryl methyl sites for hydroxylation is 1. The van der Waals surface area contributed by atoms with Crippen LogP contribution in [0.1, 0.15) is 23.2 Å². The number of hydrogen-bond acceptors (Lipinski definition) is 3. The number of methoxy groups -OCH3 is 1. The van der Waals surface area contributed by atoms with Crippen molar-refractivity contribution in [1.82, 2.24) is 9.97 Å². The number of alkyl halides is 1. The first-order valence-electron chi connectivity index (χ1n) is 9.18. The lowest BCUT2D eigenvalue weighted by molar-refractivity contribution is 0.386. The smallest absolute Gasteiger partial charge is 0.165 e. The molecule has 0 fully saturated rings. The summed E-state index contributed by atoms with van der Waals surface area (Å²) in [4.78, 5) is 8.15. The summed E-state index contributed by atoms with van der Waals surface area (Å²) in [5, 5.41) is 2.19. The maximum absolute atomic E-state index is 14.1. The molecule has 4 aromatic rings. The van der Waals surface area contributed by atoms with Gasteiger partial charge in [0.25, 0.3) is 0 Å². The van der Waals surface area contributed by atoms with Gasteiger partial charge in [-0.15, -0.1) is 11.6 Å². The number of pyridine rings is 1. The molecule has 0 unspecified atom stereocenters. The highest BCUT2D eigenvalue weighted by Gasteiger charge is 2.17. The molecule has 4 rings (SSSR count). The predicted octanol–water partition coefficient (Wildman–Crippen LogP) is 5.21.